The Morgan fingerprint density at radius 3 is 2.80 bits per heavy atom. The molecule has 0 aliphatic heterocycles. The molecule has 0 aliphatic rings. The molecule has 9 heteroatoms. The van der Waals surface area contributed by atoms with E-state index in [1.807, 2.05) is 6.07 Å². The maximum absolute atomic E-state index is 11.1. The summed E-state index contributed by atoms with van der Waals surface area (Å²) in [5, 5.41) is 11.1. The molecule has 0 atom stereocenters. The van der Waals surface area contributed by atoms with E-state index >= 15 is 0 Å². The molecule has 0 unspecified atom stereocenters. The van der Waals surface area contributed by atoms with Crippen molar-refractivity contribution in [2.75, 3.05) is 17.4 Å². The number of hydrazine groups is 1. The van der Waals surface area contributed by atoms with E-state index in [1.165, 1.54) is 23.5 Å². The number of aromatic nitrogens is 1. The average molecular weight is 314 g/mol. The molecule has 2 aromatic rings. The molecule has 0 aliphatic carbocycles. The molecule has 2 rings (SSSR count). The van der Waals surface area contributed by atoms with Crippen LogP contribution in [-0.2, 0) is 6.54 Å². The van der Waals surface area contributed by atoms with Crippen LogP contribution in [0.15, 0.2) is 24.3 Å². The lowest BCUT2D eigenvalue weighted by molar-refractivity contribution is -0.384. The van der Waals surface area contributed by atoms with Crippen LogP contribution in [0.1, 0.15) is 4.88 Å². The molecule has 2 aromatic heterocycles. The third kappa shape index (κ3) is 3.16. The standard InChI is InChI=1S/C11H12ClN5O2S/c1-16(6-7-2-4-9(12)20-7)11-8(17(18)19)3-5-10(14-11)15-13/h2-5H,6,13H2,1H3,(H,14,15). The number of thiophene rings is 1. The monoisotopic (exact) mass is 313 g/mol. The zero-order valence-corrected chi connectivity index (χ0v) is 12.1. The lowest BCUT2D eigenvalue weighted by Gasteiger charge is -2.17. The molecule has 0 amide bonds. The fourth-order valence-corrected chi connectivity index (χ4v) is 2.83. The molecule has 0 spiro atoms. The first-order chi connectivity index (χ1) is 9.51. The second kappa shape index (κ2) is 6.04. The molecule has 0 radical (unpaired) electrons. The Balaban J connectivity index is 2.31. The smallest absolute Gasteiger partial charge is 0.311 e. The van der Waals surface area contributed by atoms with Gasteiger partial charge in [0.2, 0.25) is 5.82 Å². The zero-order valence-electron chi connectivity index (χ0n) is 10.5. The van der Waals surface area contributed by atoms with E-state index in [1.54, 1.807) is 18.0 Å². The molecular formula is C11H12ClN5O2S. The summed E-state index contributed by atoms with van der Waals surface area (Å²) in [5.74, 6) is 5.89. The van der Waals surface area contributed by atoms with Crippen LogP contribution in [0.4, 0.5) is 17.3 Å². The van der Waals surface area contributed by atoms with Gasteiger partial charge in [0.25, 0.3) is 0 Å². The van der Waals surface area contributed by atoms with Gasteiger partial charge in [0, 0.05) is 18.0 Å². The fraction of sp³-hybridized carbons (Fsp3) is 0.182. The van der Waals surface area contributed by atoms with Gasteiger partial charge >= 0.3 is 5.69 Å². The molecule has 106 valence electrons. The van der Waals surface area contributed by atoms with E-state index in [2.05, 4.69) is 10.4 Å². The fourth-order valence-electron chi connectivity index (χ4n) is 1.69. The van der Waals surface area contributed by atoms with E-state index in [9.17, 15) is 10.1 Å². The average Bonchev–Trinajstić information content (AvgIpc) is 2.83. The molecule has 3 N–H and O–H groups in total. The molecular weight excluding hydrogens is 302 g/mol. The second-order valence-corrected chi connectivity index (χ2v) is 5.80. The SMILES string of the molecule is CN(Cc1ccc(Cl)s1)c1nc(NN)ccc1[N+](=O)[O-]. The van der Waals surface area contributed by atoms with E-state index in [4.69, 9.17) is 17.4 Å². The van der Waals surface area contributed by atoms with Crippen LogP contribution >= 0.6 is 22.9 Å². The Labute approximate surface area is 124 Å². The minimum absolute atomic E-state index is 0.0749. The minimum Gasteiger partial charge on any atom is -0.349 e. The van der Waals surface area contributed by atoms with Crippen molar-refractivity contribution >= 4 is 40.3 Å². The molecule has 0 bridgehead atoms. The van der Waals surface area contributed by atoms with Gasteiger partial charge in [-0.05, 0) is 18.2 Å². The normalized spacial score (nSPS) is 10.3. The van der Waals surface area contributed by atoms with Crippen molar-refractivity contribution in [3.05, 3.63) is 43.6 Å². The number of nitrogen functional groups attached to an aromatic ring is 1. The number of nitrogens with zero attached hydrogens (tertiary/aromatic N) is 3. The number of nitrogens with two attached hydrogens (primary N) is 1. The Morgan fingerprint density at radius 2 is 2.25 bits per heavy atom. The lowest BCUT2D eigenvalue weighted by atomic mass is 10.3. The van der Waals surface area contributed by atoms with Crippen molar-refractivity contribution < 1.29 is 4.92 Å². The summed E-state index contributed by atoms with van der Waals surface area (Å²) in [6, 6.07) is 6.49. The highest BCUT2D eigenvalue weighted by atomic mass is 35.5. The highest BCUT2D eigenvalue weighted by molar-refractivity contribution is 7.16. The largest absolute Gasteiger partial charge is 0.349 e. The summed E-state index contributed by atoms with van der Waals surface area (Å²) in [5.41, 5.74) is 2.30. The van der Waals surface area contributed by atoms with Gasteiger partial charge in [0.1, 0.15) is 5.82 Å². The molecule has 7 nitrogen and oxygen atoms in total. The summed E-state index contributed by atoms with van der Waals surface area (Å²) in [7, 11) is 1.73. The summed E-state index contributed by atoms with van der Waals surface area (Å²) in [4.78, 5) is 17.4. The van der Waals surface area contributed by atoms with Gasteiger partial charge in [-0.1, -0.05) is 11.6 Å². The maximum Gasteiger partial charge on any atom is 0.311 e. The summed E-state index contributed by atoms with van der Waals surface area (Å²) >= 11 is 7.29. The molecule has 0 fully saturated rings. The first kappa shape index (κ1) is 14.5. The van der Waals surface area contributed by atoms with Gasteiger partial charge in [0.05, 0.1) is 15.8 Å². The Bertz CT molecular complexity index is 633. The minimum atomic E-state index is -0.472. The zero-order chi connectivity index (χ0) is 14.7. The van der Waals surface area contributed by atoms with E-state index in [0.29, 0.717) is 16.7 Å². The highest BCUT2D eigenvalue weighted by Gasteiger charge is 2.20. The van der Waals surface area contributed by atoms with Crippen molar-refractivity contribution in [3.8, 4) is 0 Å². The predicted molar refractivity (Wildman–Crippen MR) is 80.1 cm³/mol. The Kier molecular flexibility index (Phi) is 4.38. The van der Waals surface area contributed by atoms with Gasteiger partial charge < -0.3 is 10.3 Å². The number of nitro groups is 1. The van der Waals surface area contributed by atoms with E-state index in [0.717, 1.165) is 4.88 Å². The molecule has 20 heavy (non-hydrogen) atoms. The van der Waals surface area contributed by atoms with Crippen molar-refractivity contribution in [1.29, 1.82) is 0 Å². The number of hydrogen-bond donors (Lipinski definition) is 2. The van der Waals surface area contributed by atoms with Crippen molar-refractivity contribution in [2.45, 2.75) is 6.54 Å². The van der Waals surface area contributed by atoms with Gasteiger partial charge in [0.15, 0.2) is 0 Å². The van der Waals surface area contributed by atoms with E-state index < -0.39 is 4.92 Å². The van der Waals surface area contributed by atoms with Crippen molar-refractivity contribution in [2.24, 2.45) is 5.84 Å². The van der Waals surface area contributed by atoms with Gasteiger partial charge in [-0.15, -0.1) is 11.3 Å². The summed E-state index contributed by atoms with van der Waals surface area (Å²) < 4.78 is 0.674. The van der Waals surface area contributed by atoms with Gasteiger partial charge in [-0.3, -0.25) is 10.1 Å². The van der Waals surface area contributed by atoms with Crippen LogP contribution in [0.3, 0.4) is 0 Å². The van der Waals surface area contributed by atoms with Crippen LogP contribution in [0.25, 0.3) is 0 Å². The topological polar surface area (TPSA) is 97.3 Å². The first-order valence-electron chi connectivity index (χ1n) is 5.58. The summed E-state index contributed by atoms with van der Waals surface area (Å²) in [6.07, 6.45) is 0. The third-order valence-electron chi connectivity index (χ3n) is 2.58. The molecule has 0 saturated heterocycles. The number of rotatable bonds is 5. The quantitative estimate of drug-likeness (QED) is 0.500. The Hall–Kier alpha value is -1.90. The van der Waals surface area contributed by atoms with Crippen LogP contribution in [-0.4, -0.2) is 17.0 Å². The maximum atomic E-state index is 11.1. The van der Waals surface area contributed by atoms with Crippen LogP contribution < -0.4 is 16.2 Å². The van der Waals surface area contributed by atoms with Gasteiger partial charge in [-0.2, -0.15) is 0 Å². The number of pyridine rings is 1. The van der Waals surface area contributed by atoms with Crippen LogP contribution in [0.5, 0.6) is 0 Å². The van der Waals surface area contributed by atoms with Crippen LogP contribution in [0, 0.1) is 10.1 Å². The first-order valence-corrected chi connectivity index (χ1v) is 6.78. The van der Waals surface area contributed by atoms with Crippen molar-refractivity contribution in [1.82, 2.24) is 4.98 Å². The number of nitrogens with one attached hydrogen (secondary N) is 1. The van der Waals surface area contributed by atoms with Gasteiger partial charge in [-0.25, -0.2) is 10.8 Å². The number of anilines is 2. The van der Waals surface area contributed by atoms with Crippen LogP contribution in [0.2, 0.25) is 4.34 Å². The molecule has 0 saturated carbocycles. The Morgan fingerprint density at radius 1 is 1.50 bits per heavy atom. The number of hydrogen-bond acceptors (Lipinski definition) is 7. The second-order valence-electron chi connectivity index (χ2n) is 4.00. The lowest BCUT2D eigenvalue weighted by Crippen LogP contribution is -2.19. The molecule has 0 aromatic carbocycles. The summed E-state index contributed by atoms with van der Waals surface area (Å²) in [6.45, 7) is 0.471. The number of halogens is 1. The highest BCUT2D eigenvalue weighted by Crippen LogP contribution is 2.29. The molecule has 2 heterocycles. The van der Waals surface area contributed by atoms with Crippen molar-refractivity contribution in [3.63, 3.8) is 0 Å². The third-order valence-corrected chi connectivity index (χ3v) is 3.80. The van der Waals surface area contributed by atoms with E-state index in [-0.39, 0.29) is 11.5 Å². The predicted octanol–water partition coefficient (Wildman–Crippen LogP) is 2.63.